The first-order valence-corrected chi connectivity index (χ1v) is 19.3. The minimum Gasteiger partial charge on any atom is -1.00 e. The third-order valence-electron chi connectivity index (χ3n) is 8.32. The van der Waals surface area contributed by atoms with E-state index in [1.54, 1.807) is 0 Å². The van der Waals surface area contributed by atoms with Crippen LogP contribution in [-0.2, 0) is 19.1 Å². The number of hydrogen-bond acceptors (Lipinski definition) is 5. The Bertz CT molecular complexity index is 615. The molecule has 0 spiro atoms. The number of likely N-dealkylation sites (N-methyl/N-ethyl adjacent to an activating group) is 2. The van der Waals surface area contributed by atoms with Gasteiger partial charge in [-0.25, -0.2) is 9.59 Å². The fourth-order valence-electron chi connectivity index (χ4n) is 5.22. The number of unbranched alkanes of at least 4 members (excludes halogenated alkanes) is 18. The van der Waals surface area contributed by atoms with Crippen LogP contribution in [0.5, 0.6) is 0 Å². The summed E-state index contributed by atoms with van der Waals surface area (Å²) >= 11 is 1.90. The fourth-order valence-corrected chi connectivity index (χ4v) is 6.68. The van der Waals surface area contributed by atoms with Gasteiger partial charge in [-0.15, -0.1) is 0 Å². The van der Waals surface area contributed by atoms with Crippen molar-refractivity contribution in [3.05, 3.63) is 0 Å². The molecule has 0 bridgehead atoms. The van der Waals surface area contributed by atoms with Crippen LogP contribution in [0.2, 0.25) is 0 Å². The third kappa shape index (κ3) is 36.5. The maximum Gasteiger partial charge on any atom is 0.361 e. The van der Waals surface area contributed by atoms with Gasteiger partial charge in [0.1, 0.15) is 0 Å². The van der Waals surface area contributed by atoms with Crippen molar-refractivity contribution < 1.29 is 52.8 Å². The molecule has 6 nitrogen and oxygen atoms in total. The molecule has 0 saturated heterocycles. The molecule has 0 N–H and O–H groups in total. The molecule has 0 rings (SSSR count). The summed E-state index contributed by atoms with van der Waals surface area (Å²) in [6.07, 6.45) is 25.7. The summed E-state index contributed by atoms with van der Waals surface area (Å²) in [6, 6.07) is 0. The number of halogens is 2. The van der Waals surface area contributed by atoms with Crippen LogP contribution in [0.15, 0.2) is 0 Å². The van der Waals surface area contributed by atoms with Crippen molar-refractivity contribution in [1.82, 2.24) is 0 Å². The van der Waals surface area contributed by atoms with E-state index in [9.17, 15) is 9.59 Å². The predicted molar refractivity (Wildman–Crippen MR) is 187 cm³/mol. The molecule has 0 aromatic carbocycles. The van der Waals surface area contributed by atoms with Gasteiger partial charge >= 0.3 is 11.9 Å². The average Bonchev–Trinajstić information content (AvgIpc) is 2.93. The highest BCUT2D eigenvalue weighted by molar-refractivity contribution is 7.99. The molecular formula is C36H74Cl2N2O4S. The molecule has 9 heteroatoms. The maximum absolute atomic E-state index is 12.3. The molecule has 0 amide bonds. The second kappa shape index (κ2) is 33.7. The standard InChI is InChI=1S/C36H74N2O4S.2ClH/c1-7-9-11-13-15-17-19-21-23-25-29-41-35(39)33-37(3,4)27-31-43-32-28-38(5,6)34-36(40)42-30-26-24-22-20-18-16-14-12-10-8-2;;/h7-34H2,1-6H3;2*1H/q+2;;/p-2. The molecule has 0 fully saturated rings. The Kier molecular flexibility index (Phi) is 36.8. The number of nitrogens with zero attached hydrogens (tertiary/aromatic N) is 2. The second-order valence-electron chi connectivity index (χ2n) is 14.1. The molecule has 0 aliphatic heterocycles. The molecule has 0 saturated carbocycles. The Balaban J connectivity index is -0.00000882. The monoisotopic (exact) mass is 700 g/mol. The minimum atomic E-state index is -0.0833. The Morgan fingerprint density at radius 3 is 1.02 bits per heavy atom. The number of rotatable bonds is 32. The number of thioether (sulfide) groups is 1. The van der Waals surface area contributed by atoms with Gasteiger partial charge < -0.3 is 43.3 Å². The lowest BCUT2D eigenvalue weighted by atomic mass is 10.1. The zero-order valence-electron chi connectivity index (χ0n) is 30.5. The topological polar surface area (TPSA) is 52.6 Å². The number of hydrogen-bond donors (Lipinski definition) is 0. The minimum absolute atomic E-state index is 0. The first-order valence-electron chi connectivity index (χ1n) is 18.1. The molecular weight excluding hydrogens is 627 g/mol. The third-order valence-corrected chi connectivity index (χ3v) is 9.26. The van der Waals surface area contributed by atoms with Gasteiger partial charge in [-0.1, -0.05) is 129 Å². The number of ether oxygens (including phenoxy) is 2. The van der Waals surface area contributed by atoms with Gasteiger partial charge in [0.2, 0.25) is 0 Å². The van der Waals surface area contributed by atoms with Crippen molar-refractivity contribution in [2.24, 2.45) is 0 Å². The van der Waals surface area contributed by atoms with Crippen molar-refractivity contribution in [2.75, 3.05) is 79.1 Å². The van der Waals surface area contributed by atoms with Gasteiger partial charge in [0.05, 0.1) is 54.5 Å². The molecule has 0 aromatic rings. The number of esters is 2. The average molecular weight is 702 g/mol. The van der Waals surface area contributed by atoms with E-state index in [0.717, 1.165) is 50.3 Å². The van der Waals surface area contributed by atoms with Crippen molar-refractivity contribution in [1.29, 1.82) is 0 Å². The van der Waals surface area contributed by atoms with Crippen molar-refractivity contribution in [3.8, 4) is 0 Å². The normalized spacial score (nSPS) is 11.5. The molecule has 0 atom stereocenters. The molecule has 272 valence electrons. The van der Waals surface area contributed by atoms with Crippen LogP contribution in [0, 0.1) is 0 Å². The van der Waals surface area contributed by atoms with Gasteiger partial charge in [0, 0.05) is 11.5 Å². The first kappa shape index (κ1) is 49.2. The summed E-state index contributed by atoms with van der Waals surface area (Å²) in [7, 11) is 8.42. The van der Waals surface area contributed by atoms with Gasteiger partial charge in [0.15, 0.2) is 13.1 Å². The molecule has 0 radical (unpaired) electrons. The molecule has 45 heavy (non-hydrogen) atoms. The molecule has 0 unspecified atom stereocenters. The fraction of sp³-hybridized carbons (Fsp3) is 0.944. The van der Waals surface area contributed by atoms with E-state index in [1.165, 1.54) is 103 Å². The number of quaternary nitrogens is 2. The molecule has 0 aromatic heterocycles. The Hall–Kier alpha value is -0.210. The van der Waals surface area contributed by atoms with Gasteiger partial charge in [-0.2, -0.15) is 11.8 Å². The first-order chi connectivity index (χ1) is 20.6. The Morgan fingerprint density at radius 2 is 0.733 bits per heavy atom. The van der Waals surface area contributed by atoms with E-state index < -0.39 is 0 Å². The zero-order chi connectivity index (χ0) is 32.1. The molecule has 0 heterocycles. The van der Waals surface area contributed by atoms with Gasteiger partial charge in [0.25, 0.3) is 0 Å². The highest BCUT2D eigenvalue weighted by Gasteiger charge is 2.23. The smallest absolute Gasteiger partial charge is 0.361 e. The Morgan fingerprint density at radius 1 is 0.467 bits per heavy atom. The van der Waals surface area contributed by atoms with E-state index in [0.29, 0.717) is 35.3 Å². The maximum atomic E-state index is 12.3. The highest BCUT2D eigenvalue weighted by atomic mass is 35.5. The summed E-state index contributed by atoms with van der Waals surface area (Å²) in [5.74, 6) is 1.81. The molecule has 0 aliphatic carbocycles. The van der Waals surface area contributed by atoms with E-state index in [-0.39, 0.29) is 36.8 Å². The lowest BCUT2D eigenvalue weighted by Gasteiger charge is -2.30. The van der Waals surface area contributed by atoms with E-state index in [2.05, 4.69) is 42.0 Å². The summed E-state index contributed by atoms with van der Waals surface area (Å²) < 4.78 is 12.3. The Labute approximate surface area is 296 Å². The van der Waals surface area contributed by atoms with E-state index in [1.807, 2.05) is 11.8 Å². The van der Waals surface area contributed by atoms with Crippen LogP contribution in [0.3, 0.4) is 0 Å². The lowest BCUT2D eigenvalue weighted by molar-refractivity contribution is -0.881. The number of carbonyl (C=O) groups is 2. The van der Waals surface area contributed by atoms with Crippen LogP contribution in [-0.4, -0.2) is 100.0 Å². The lowest BCUT2D eigenvalue weighted by Crippen LogP contribution is -3.00. The summed E-state index contributed by atoms with van der Waals surface area (Å²) in [6.45, 7) is 8.32. The zero-order valence-corrected chi connectivity index (χ0v) is 32.8. The van der Waals surface area contributed by atoms with Crippen LogP contribution < -0.4 is 24.8 Å². The van der Waals surface area contributed by atoms with Crippen molar-refractivity contribution >= 4 is 23.7 Å². The van der Waals surface area contributed by atoms with Gasteiger partial charge in [-0.3, -0.25) is 0 Å². The highest BCUT2D eigenvalue weighted by Crippen LogP contribution is 2.13. The number of carbonyl (C=O) groups excluding carboxylic acids is 2. The molecule has 0 aliphatic rings. The van der Waals surface area contributed by atoms with E-state index >= 15 is 0 Å². The van der Waals surface area contributed by atoms with Crippen LogP contribution in [0.1, 0.15) is 142 Å². The second-order valence-corrected chi connectivity index (χ2v) is 15.3. The van der Waals surface area contributed by atoms with Crippen LogP contribution in [0.4, 0.5) is 0 Å². The van der Waals surface area contributed by atoms with Crippen LogP contribution in [0.25, 0.3) is 0 Å². The van der Waals surface area contributed by atoms with E-state index in [4.69, 9.17) is 9.47 Å². The van der Waals surface area contributed by atoms with Crippen LogP contribution >= 0.6 is 11.8 Å². The largest absolute Gasteiger partial charge is 1.00 e. The quantitative estimate of drug-likeness (QED) is 0.0614. The SMILES string of the molecule is CCCCCCCCCCCCOC(=O)C[N+](C)(C)CCSCC[N+](C)(C)CC(=O)OCCCCCCCCCCCC.[Cl-].[Cl-]. The van der Waals surface area contributed by atoms with Crippen molar-refractivity contribution in [2.45, 2.75) is 142 Å². The van der Waals surface area contributed by atoms with Crippen molar-refractivity contribution in [3.63, 3.8) is 0 Å². The summed E-state index contributed by atoms with van der Waals surface area (Å²) in [5.41, 5.74) is 0. The predicted octanol–water partition coefficient (Wildman–Crippen LogP) is 2.81. The van der Waals surface area contributed by atoms with Gasteiger partial charge in [-0.05, 0) is 12.8 Å². The summed E-state index contributed by atoms with van der Waals surface area (Å²) in [5, 5.41) is 0. The summed E-state index contributed by atoms with van der Waals surface area (Å²) in [4.78, 5) is 24.7.